The molecule has 1 N–H and O–H groups in total. The number of hydrogen-bond donors (Lipinski definition) is 1. The van der Waals surface area contributed by atoms with Crippen LogP contribution in [0.2, 0.25) is 0 Å². The molecule has 0 amide bonds. The van der Waals surface area contributed by atoms with Gasteiger partial charge in [0.05, 0.1) is 12.3 Å². The van der Waals surface area contributed by atoms with Crippen LogP contribution in [0, 0.1) is 0 Å². The molecular formula is C15H25N3O2S. The van der Waals surface area contributed by atoms with E-state index in [1.807, 2.05) is 6.92 Å². The predicted octanol–water partition coefficient (Wildman–Crippen LogP) is 2.49. The number of thiazole rings is 1. The lowest BCUT2D eigenvalue weighted by atomic mass is 10.1. The highest BCUT2D eigenvalue weighted by molar-refractivity contribution is 7.15. The Labute approximate surface area is 130 Å². The molecule has 0 saturated carbocycles. The Morgan fingerprint density at radius 3 is 3.00 bits per heavy atom. The van der Waals surface area contributed by atoms with E-state index in [-0.39, 0.29) is 11.9 Å². The Hall–Kier alpha value is -1.14. The van der Waals surface area contributed by atoms with Crippen LogP contribution < -0.4 is 5.32 Å². The fourth-order valence-electron chi connectivity index (χ4n) is 2.37. The van der Waals surface area contributed by atoms with Crippen LogP contribution in [-0.2, 0) is 16.0 Å². The molecule has 6 heteroatoms. The first-order valence-corrected chi connectivity index (χ1v) is 8.45. The molecule has 1 aromatic rings. The van der Waals surface area contributed by atoms with Gasteiger partial charge >= 0.3 is 5.97 Å². The van der Waals surface area contributed by atoms with Gasteiger partial charge in [0.2, 0.25) is 0 Å². The van der Waals surface area contributed by atoms with Gasteiger partial charge in [0.1, 0.15) is 5.92 Å². The third-order valence-electron chi connectivity index (χ3n) is 3.91. The summed E-state index contributed by atoms with van der Waals surface area (Å²) in [7, 11) is 2.12. The molecule has 5 nitrogen and oxygen atoms in total. The number of nitrogens with one attached hydrogen (secondary N) is 1. The maximum Gasteiger partial charge on any atom is 0.315 e. The van der Waals surface area contributed by atoms with Gasteiger partial charge in [0.25, 0.3) is 0 Å². The predicted molar refractivity (Wildman–Crippen MR) is 86.1 cm³/mol. The highest BCUT2D eigenvalue weighted by Gasteiger charge is 2.33. The molecule has 1 aliphatic rings. The number of likely N-dealkylation sites (N-methyl/N-ethyl adjacent to an activating group) is 1. The Kier molecular flexibility index (Phi) is 5.58. The normalized spacial score (nSPS) is 17.3. The topological polar surface area (TPSA) is 54.5 Å². The monoisotopic (exact) mass is 311 g/mol. The average Bonchev–Trinajstić information content (AvgIpc) is 2.98. The minimum absolute atomic E-state index is 0.132. The third kappa shape index (κ3) is 3.95. The van der Waals surface area contributed by atoms with Crippen LogP contribution in [0.4, 0.5) is 5.13 Å². The zero-order chi connectivity index (χ0) is 15.4. The summed E-state index contributed by atoms with van der Waals surface area (Å²) in [6, 6.07) is 0.543. The zero-order valence-electron chi connectivity index (χ0n) is 13.3. The third-order valence-corrected chi connectivity index (χ3v) is 5.00. The molecule has 0 spiro atoms. The van der Waals surface area contributed by atoms with Gasteiger partial charge in [-0.15, -0.1) is 11.3 Å². The first-order valence-electron chi connectivity index (χ1n) is 7.63. The number of aromatic nitrogens is 1. The van der Waals surface area contributed by atoms with Crippen molar-refractivity contribution < 1.29 is 9.53 Å². The van der Waals surface area contributed by atoms with E-state index >= 15 is 0 Å². The van der Waals surface area contributed by atoms with E-state index in [4.69, 9.17) is 4.74 Å². The second kappa shape index (κ2) is 7.22. The molecule has 1 atom stereocenters. The highest BCUT2D eigenvalue weighted by Crippen LogP contribution is 2.38. The lowest BCUT2D eigenvalue weighted by molar-refractivity contribution is -0.145. The van der Waals surface area contributed by atoms with Crippen molar-refractivity contribution in [2.45, 2.75) is 45.6 Å². The number of nitrogens with zero attached hydrogens (tertiary/aromatic N) is 2. The number of hydrogen-bond acceptors (Lipinski definition) is 6. The first-order chi connectivity index (χ1) is 10.0. The smallest absolute Gasteiger partial charge is 0.315 e. The van der Waals surface area contributed by atoms with Gasteiger partial charge in [-0.2, -0.15) is 0 Å². The Morgan fingerprint density at radius 2 is 2.33 bits per heavy atom. The second-order valence-corrected chi connectivity index (χ2v) is 6.76. The van der Waals surface area contributed by atoms with E-state index in [0.717, 1.165) is 36.8 Å². The van der Waals surface area contributed by atoms with Crippen molar-refractivity contribution in [3.05, 3.63) is 10.6 Å². The summed E-state index contributed by atoms with van der Waals surface area (Å²) in [4.78, 5) is 20.0. The van der Waals surface area contributed by atoms with Gasteiger partial charge in [-0.1, -0.05) is 0 Å². The number of anilines is 1. The van der Waals surface area contributed by atoms with Crippen LogP contribution in [0.15, 0.2) is 0 Å². The van der Waals surface area contributed by atoms with E-state index in [9.17, 15) is 4.79 Å². The molecule has 118 valence electrons. The van der Waals surface area contributed by atoms with Crippen molar-refractivity contribution in [3.8, 4) is 0 Å². The fraction of sp³-hybridized carbons (Fsp3) is 0.733. The first kappa shape index (κ1) is 16.2. The minimum atomic E-state index is -0.162. The molecule has 0 bridgehead atoms. The number of esters is 1. The summed E-state index contributed by atoms with van der Waals surface area (Å²) in [6.07, 6.45) is 1.77. The van der Waals surface area contributed by atoms with Crippen LogP contribution in [0.3, 0.4) is 0 Å². The van der Waals surface area contributed by atoms with E-state index in [2.05, 4.69) is 36.1 Å². The number of aryl methyl sites for hydroxylation is 1. The van der Waals surface area contributed by atoms with Gasteiger partial charge in [-0.25, -0.2) is 4.98 Å². The summed E-state index contributed by atoms with van der Waals surface area (Å²) in [5.41, 5.74) is 0.929. The Bertz CT molecular complexity index is 487. The molecule has 1 heterocycles. The Balaban J connectivity index is 1.91. The maximum absolute atomic E-state index is 11.9. The highest BCUT2D eigenvalue weighted by atomic mass is 32.1. The van der Waals surface area contributed by atoms with E-state index in [1.165, 1.54) is 4.88 Å². The zero-order valence-corrected chi connectivity index (χ0v) is 14.1. The van der Waals surface area contributed by atoms with E-state index < -0.39 is 0 Å². The average molecular weight is 311 g/mol. The molecule has 0 fully saturated rings. The molecule has 0 radical (unpaired) electrons. The van der Waals surface area contributed by atoms with Gasteiger partial charge < -0.3 is 15.0 Å². The minimum Gasteiger partial charge on any atom is -0.465 e. The number of ether oxygens (including phenoxy) is 1. The number of carbonyl (C=O) groups is 1. The molecule has 21 heavy (non-hydrogen) atoms. The Morgan fingerprint density at radius 1 is 1.57 bits per heavy atom. The van der Waals surface area contributed by atoms with Crippen molar-refractivity contribution in [2.24, 2.45) is 0 Å². The fourth-order valence-corrected chi connectivity index (χ4v) is 3.44. The van der Waals surface area contributed by atoms with Gasteiger partial charge in [0, 0.05) is 24.0 Å². The summed E-state index contributed by atoms with van der Waals surface area (Å²) in [6.45, 7) is 8.48. The number of fused-ring (bicyclic) bond motifs is 1. The summed E-state index contributed by atoms with van der Waals surface area (Å²) in [5.74, 6) is -0.294. The number of carbonyl (C=O) groups excluding carboxylic acids is 1. The van der Waals surface area contributed by atoms with Crippen LogP contribution in [0.5, 0.6) is 0 Å². The van der Waals surface area contributed by atoms with Crippen molar-refractivity contribution in [1.29, 1.82) is 0 Å². The molecular weight excluding hydrogens is 286 g/mol. The van der Waals surface area contributed by atoms with Gasteiger partial charge in [0.15, 0.2) is 5.13 Å². The molecule has 2 rings (SSSR count). The maximum atomic E-state index is 11.9. The number of rotatable bonds is 7. The van der Waals surface area contributed by atoms with Crippen LogP contribution in [0.25, 0.3) is 0 Å². The molecule has 0 aliphatic heterocycles. The van der Waals surface area contributed by atoms with Crippen molar-refractivity contribution in [2.75, 3.05) is 32.1 Å². The van der Waals surface area contributed by atoms with E-state index in [0.29, 0.717) is 12.6 Å². The van der Waals surface area contributed by atoms with Crippen molar-refractivity contribution in [1.82, 2.24) is 9.88 Å². The SMILES string of the molecule is CCOC(=O)C1CCc2sc(NCCN(C)C(C)C)nc21. The molecule has 1 aromatic heterocycles. The van der Waals surface area contributed by atoms with Gasteiger partial charge in [-0.05, 0) is 40.7 Å². The lowest BCUT2D eigenvalue weighted by Gasteiger charge is -2.20. The quantitative estimate of drug-likeness (QED) is 0.784. The molecule has 1 aliphatic carbocycles. The summed E-state index contributed by atoms with van der Waals surface area (Å²) in [5, 5.41) is 4.29. The second-order valence-electron chi connectivity index (χ2n) is 5.67. The van der Waals surface area contributed by atoms with Crippen molar-refractivity contribution >= 4 is 22.4 Å². The van der Waals surface area contributed by atoms with Crippen LogP contribution in [-0.4, -0.2) is 48.6 Å². The largest absolute Gasteiger partial charge is 0.465 e. The molecule has 0 aromatic carbocycles. The molecule has 0 saturated heterocycles. The molecule has 1 unspecified atom stereocenters. The van der Waals surface area contributed by atoms with E-state index in [1.54, 1.807) is 11.3 Å². The standard InChI is InChI=1S/C15H25N3O2S/c1-5-20-14(19)11-6-7-12-13(11)17-15(21-12)16-8-9-18(4)10(2)3/h10-11H,5-9H2,1-4H3,(H,16,17). The van der Waals surface area contributed by atoms with Crippen LogP contribution in [0.1, 0.15) is 43.7 Å². The van der Waals surface area contributed by atoms with Crippen molar-refractivity contribution in [3.63, 3.8) is 0 Å². The van der Waals surface area contributed by atoms with Gasteiger partial charge in [-0.3, -0.25) is 4.79 Å². The summed E-state index contributed by atoms with van der Waals surface area (Å²) < 4.78 is 5.13. The summed E-state index contributed by atoms with van der Waals surface area (Å²) >= 11 is 1.67. The van der Waals surface area contributed by atoms with Crippen LogP contribution >= 0.6 is 11.3 Å². The lowest BCUT2D eigenvalue weighted by Crippen LogP contribution is -2.31.